The quantitative estimate of drug-likeness (QED) is 0.894. The van der Waals surface area contributed by atoms with Crippen LogP contribution >= 0.6 is 0 Å². The Balaban J connectivity index is 2.22. The molecule has 5 nitrogen and oxygen atoms in total. The Bertz CT molecular complexity index is 505. The van der Waals surface area contributed by atoms with Crippen LogP contribution in [-0.4, -0.2) is 29.3 Å². The number of anilines is 1. The van der Waals surface area contributed by atoms with Crippen LogP contribution in [0.5, 0.6) is 0 Å². The fourth-order valence-electron chi connectivity index (χ4n) is 1.95. The Kier molecular flexibility index (Phi) is 2.94. The van der Waals surface area contributed by atoms with Crippen LogP contribution in [0.3, 0.4) is 0 Å². The predicted octanol–water partition coefficient (Wildman–Crippen LogP) is 2.02. The maximum Gasteiger partial charge on any atom is 0.415 e. The molecule has 6 heteroatoms. The summed E-state index contributed by atoms with van der Waals surface area (Å²) in [6.07, 6.45) is -0.950. The maximum absolute atomic E-state index is 13.1. The summed E-state index contributed by atoms with van der Waals surface area (Å²) in [5.74, 6) is -1.52. The summed E-state index contributed by atoms with van der Waals surface area (Å²) in [5.41, 5.74) is -0.732. The minimum absolute atomic E-state index is 0.0849. The van der Waals surface area contributed by atoms with E-state index in [0.717, 1.165) is 0 Å². The van der Waals surface area contributed by atoms with E-state index in [9.17, 15) is 14.0 Å². The number of cyclic esters (lactones) is 1. The fourth-order valence-corrected chi connectivity index (χ4v) is 1.95. The second-order valence-corrected chi connectivity index (χ2v) is 4.45. The van der Waals surface area contributed by atoms with E-state index >= 15 is 0 Å². The molecule has 1 N–H and O–H groups in total. The standard InChI is InChI=1S/C12H12FNO4/c1-12(6-10(15)16)7-14(11(17)18-12)9-4-2-3-8(13)5-9/h2-5H,6-7H2,1H3,(H,15,16). The van der Waals surface area contributed by atoms with Gasteiger partial charge >= 0.3 is 12.1 Å². The first-order valence-electron chi connectivity index (χ1n) is 5.37. The van der Waals surface area contributed by atoms with E-state index in [-0.39, 0.29) is 13.0 Å². The molecule has 18 heavy (non-hydrogen) atoms. The van der Waals surface area contributed by atoms with Crippen LogP contribution in [0, 0.1) is 5.82 Å². The average Bonchev–Trinajstić information content (AvgIpc) is 2.52. The second-order valence-electron chi connectivity index (χ2n) is 4.45. The maximum atomic E-state index is 13.1. The van der Waals surface area contributed by atoms with E-state index in [1.165, 1.54) is 30.0 Å². The molecule has 0 spiro atoms. The Labute approximate surface area is 103 Å². The molecule has 0 radical (unpaired) electrons. The zero-order valence-corrected chi connectivity index (χ0v) is 9.72. The molecule has 1 aliphatic rings. The Hall–Kier alpha value is -2.11. The number of nitrogens with zero attached hydrogens (tertiary/aromatic N) is 1. The number of carbonyl (C=O) groups excluding carboxylic acids is 1. The minimum Gasteiger partial charge on any atom is -0.481 e. The molecule has 1 unspecified atom stereocenters. The lowest BCUT2D eigenvalue weighted by Crippen LogP contribution is -2.33. The highest BCUT2D eigenvalue weighted by molar-refractivity contribution is 5.90. The number of ether oxygens (including phenoxy) is 1. The smallest absolute Gasteiger partial charge is 0.415 e. The van der Waals surface area contributed by atoms with Gasteiger partial charge in [0.1, 0.15) is 11.4 Å². The molecule has 1 fully saturated rings. The zero-order valence-electron chi connectivity index (χ0n) is 9.72. The number of aliphatic carboxylic acids is 1. The Morgan fingerprint density at radius 1 is 1.61 bits per heavy atom. The van der Waals surface area contributed by atoms with E-state index < -0.39 is 23.5 Å². The van der Waals surface area contributed by atoms with E-state index in [4.69, 9.17) is 9.84 Å². The third kappa shape index (κ3) is 2.42. The molecule has 0 aromatic heterocycles. The summed E-state index contributed by atoms with van der Waals surface area (Å²) >= 11 is 0. The Morgan fingerprint density at radius 3 is 2.94 bits per heavy atom. The van der Waals surface area contributed by atoms with Crippen LogP contribution in [0.25, 0.3) is 0 Å². The van der Waals surface area contributed by atoms with E-state index in [1.807, 2.05) is 0 Å². The molecular weight excluding hydrogens is 241 g/mol. The van der Waals surface area contributed by atoms with E-state index in [2.05, 4.69) is 0 Å². The number of carboxylic acids is 1. The monoisotopic (exact) mass is 253 g/mol. The summed E-state index contributed by atoms with van der Waals surface area (Å²) in [6.45, 7) is 1.62. The third-order valence-corrected chi connectivity index (χ3v) is 2.69. The number of carbonyl (C=O) groups is 2. The zero-order chi connectivity index (χ0) is 13.3. The van der Waals surface area contributed by atoms with Gasteiger partial charge in [0.15, 0.2) is 0 Å². The molecule has 96 valence electrons. The number of amides is 1. The summed E-state index contributed by atoms with van der Waals surface area (Å²) < 4.78 is 18.1. The molecule has 1 aromatic carbocycles. The minimum atomic E-state index is -1.09. The van der Waals surface area contributed by atoms with Crippen molar-refractivity contribution in [3.63, 3.8) is 0 Å². The van der Waals surface area contributed by atoms with Gasteiger partial charge < -0.3 is 9.84 Å². The fraction of sp³-hybridized carbons (Fsp3) is 0.333. The van der Waals surface area contributed by atoms with Gasteiger partial charge in [0.25, 0.3) is 0 Å². The van der Waals surface area contributed by atoms with Crippen LogP contribution in [-0.2, 0) is 9.53 Å². The van der Waals surface area contributed by atoms with Gasteiger partial charge in [-0.05, 0) is 25.1 Å². The lowest BCUT2D eigenvalue weighted by atomic mass is 10.0. The summed E-state index contributed by atoms with van der Waals surface area (Å²) in [7, 11) is 0. The predicted molar refractivity (Wildman–Crippen MR) is 60.9 cm³/mol. The van der Waals surface area contributed by atoms with Crippen molar-refractivity contribution in [1.82, 2.24) is 0 Å². The SMILES string of the molecule is CC1(CC(=O)O)CN(c2cccc(F)c2)C(=O)O1. The van der Waals surface area contributed by atoms with E-state index in [0.29, 0.717) is 5.69 Å². The van der Waals surface area contributed by atoms with Crippen molar-refractivity contribution in [3.8, 4) is 0 Å². The van der Waals surface area contributed by atoms with Gasteiger partial charge in [-0.15, -0.1) is 0 Å². The molecule has 1 heterocycles. The normalized spacial score (nSPS) is 23.0. The van der Waals surface area contributed by atoms with Crippen LogP contribution in [0.15, 0.2) is 24.3 Å². The first-order valence-corrected chi connectivity index (χ1v) is 5.37. The molecular formula is C12H12FNO4. The number of carboxylic acid groups (broad SMARTS) is 1. The van der Waals surface area contributed by atoms with Gasteiger partial charge in [-0.2, -0.15) is 0 Å². The summed E-state index contributed by atoms with van der Waals surface area (Å²) in [6, 6.07) is 5.51. The highest BCUT2D eigenvalue weighted by Gasteiger charge is 2.43. The average molecular weight is 253 g/mol. The number of rotatable bonds is 3. The number of benzene rings is 1. The topological polar surface area (TPSA) is 66.8 Å². The molecule has 0 saturated carbocycles. The van der Waals surface area contributed by atoms with Crippen LogP contribution in [0.2, 0.25) is 0 Å². The lowest BCUT2D eigenvalue weighted by molar-refractivity contribution is -0.140. The van der Waals surface area contributed by atoms with Gasteiger partial charge in [0, 0.05) is 0 Å². The first kappa shape index (κ1) is 12.3. The first-order chi connectivity index (χ1) is 8.39. The van der Waals surface area contributed by atoms with Crippen molar-refractivity contribution in [2.24, 2.45) is 0 Å². The van der Waals surface area contributed by atoms with Crippen LogP contribution in [0.4, 0.5) is 14.9 Å². The molecule has 1 amide bonds. The van der Waals surface area contributed by atoms with E-state index in [1.54, 1.807) is 6.07 Å². The lowest BCUT2D eigenvalue weighted by Gasteiger charge is -2.19. The molecule has 0 aliphatic carbocycles. The number of hydrogen-bond acceptors (Lipinski definition) is 3. The highest BCUT2D eigenvalue weighted by Crippen LogP contribution is 2.30. The van der Waals surface area contributed by atoms with Crippen molar-refractivity contribution >= 4 is 17.7 Å². The second kappa shape index (κ2) is 4.29. The summed E-state index contributed by atoms with van der Waals surface area (Å²) in [5, 5.41) is 8.76. The van der Waals surface area contributed by atoms with Gasteiger partial charge in [-0.3, -0.25) is 9.69 Å². The van der Waals surface area contributed by atoms with Gasteiger partial charge in [0.2, 0.25) is 0 Å². The van der Waals surface area contributed by atoms with Gasteiger partial charge in [-0.1, -0.05) is 6.07 Å². The third-order valence-electron chi connectivity index (χ3n) is 2.69. The van der Waals surface area contributed by atoms with Crippen molar-refractivity contribution in [2.45, 2.75) is 18.9 Å². The van der Waals surface area contributed by atoms with Gasteiger partial charge in [0.05, 0.1) is 18.7 Å². The van der Waals surface area contributed by atoms with Crippen molar-refractivity contribution in [2.75, 3.05) is 11.4 Å². The highest BCUT2D eigenvalue weighted by atomic mass is 19.1. The van der Waals surface area contributed by atoms with Crippen molar-refractivity contribution in [1.29, 1.82) is 0 Å². The molecule has 2 rings (SSSR count). The molecule has 1 atom stereocenters. The number of hydrogen-bond donors (Lipinski definition) is 1. The number of halogens is 1. The van der Waals surface area contributed by atoms with Crippen molar-refractivity contribution < 1.29 is 23.8 Å². The Morgan fingerprint density at radius 2 is 2.33 bits per heavy atom. The molecule has 0 bridgehead atoms. The van der Waals surface area contributed by atoms with Crippen molar-refractivity contribution in [3.05, 3.63) is 30.1 Å². The molecule has 1 aliphatic heterocycles. The van der Waals surface area contributed by atoms with Gasteiger partial charge in [-0.25, -0.2) is 9.18 Å². The largest absolute Gasteiger partial charge is 0.481 e. The molecule has 1 aromatic rings. The van der Waals surface area contributed by atoms with Crippen LogP contribution in [0.1, 0.15) is 13.3 Å². The van der Waals surface area contributed by atoms with Crippen LogP contribution < -0.4 is 4.90 Å². The molecule has 1 saturated heterocycles. The summed E-state index contributed by atoms with van der Waals surface area (Å²) in [4.78, 5) is 23.6.